The number of alkyl halides is 3. The van der Waals surface area contributed by atoms with Crippen LogP contribution < -0.4 is 0 Å². The lowest BCUT2D eigenvalue weighted by atomic mass is 10.1. The van der Waals surface area contributed by atoms with Crippen LogP contribution in [-0.2, 0) is 14.4 Å². The summed E-state index contributed by atoms with van der Waals surface area (Å²) in [6, 6.07) is 0. The highest BCUT2D eigenvalue weighted by Gasteiger charge is 2.46. The van der Waals surface area contributed by atoms with E-state index < -0.39 is 29.9 Å². The molecule has 1 N–H and O–H groups in total. The number of hydrogen-bond donors (Lipinski definition) is 1. The smallest absolute Gasteiger partial charge is 0.471 e. The number of carboxylic acids is 1. The molecular formula is C12H15F3N2O4. The number of hydrogen-bond acceptors (Lipinski definition) is 3. The van der Waals surface area contributed by atoms with Crippen molar-refractivity contribution in [2.75, 3.05) is 26.2 Å². The second-order valence-corrected chi connectivity index (χ2v) is 5.34. The van der Waals surface area contributed by atoms with Crippen molar-refractivity contribution in [3.05, 3.63) is 0 Å². The number of aliphatic carboxylic acids is 1. The van der Waals surface area contributed by atoms with Crippen molar-refractivity contribution in [2.24, 2.45) is 11.8 Å². The summed E-state index contributed by atoms with van der Waals surface area (Å²) in [6.45, 7) is 0.00770. The molecule has 0 spiro atoms. The molecule has 2 heterocycles. The van der Waals surface area contributed by atoms with Crippen molar-refractivity contribution >= 4 is 17.8 Å². The van der Waals surface area contributed by atoms with E-state index in [1.54, 1.807) is 0 Å². The number of likely N-dealkylation sites (tertiary alicyclic amines) is 2. The molecule has 0 saturated carbocycles. The maximum atomic E-state index is 12.3. The molecule has 2 saturated heterocycles. The third-order valence-electron chi connectivity index (χ3n) is 3.92. The summed E-state index contributed by atoms with van der Waals surface area (Å²) in [7, 11) is 0. The van der Waals surface area contributed by atoms with Gasteiger partial charge < -0.3 is 14.9 Å². The van der Waals surface area contributed by atoms with Gasteiger partial charge in [-0.1, -0.05) is 0 Å². The number of halogens is 3. The van der Waals surface area contributed by atoms with Crippen LogP contribution in [0.2, 0.25) is 0 Å². The monoisotopic (exact) mass is 308 g/mol. The molecule has 21 heavy (non-hydrogen) atoms. The molecule has 9 heteroatoms. The van der Waals surface area contributed by atoms with Gasteiger partial charge >= 0.3 is 18.1 Å². The van der Waals surface area contributed by atoms with Crippen molar-refractivity contribution in [3.63, 3.8) is 0 Å². The van der Waals surface area contributed by atoms with Gasteiger partial charge in [0.25, 0.3) is 0 Å². The highest BCUT2D eigenvalue weighted by molar-refractivity contribution is 5.85. The van der Waals surface area contributed by atoms with Crippen LogP contribution in [0.1, 0.15) is 12.8 Å². The molecule has 6 nitrogen and oxygen atoms in total. The molecule has 2 atom stereocenters. The van der Waals surface area contributed by atoms with E-state index in [0.717, 1.165) is 0 Å². The number of carboxylic acid groups (broad SMARTS) is 1. The zero-order chi connectivity index (χ0) is 15.8. The molecule has 2 rings (SSSR count). The lowest BCUT2D eigenvalue weighted by molar-refractivity contribution is -0.184. The molecule has 0 aromatic rings. The number of nitrogens with zero attached hydrogens (tertiary/aromatic N) is 2. The molecule has 118 valence electrons. The molecule has 2 unspecified atom stereocenters. The van der Waals surface area contributed by atoms with E-state index in [2.05, 4.69) is 0 Å². The van der Waals surface area contributed by atoms with E-state index in [-0.39, 0.29) is 32.0 Å². The second kappa shape index (κ2) is 5.53. The molecule has 2 fully saturated rings. The zero-order valence-electron chi connectivity index (χ0n) is 11.1. The number of rotatable bonds is 2. The van der Waals surface area contributed by atoms with Gasteiger partial charge in [0, 0.05) is 26.2 Å². The van der Waals surface area contributed by atoms with Gasteiger partial charge in [0.2, 0.25) is 5.91 Å². The third-order valence-corrected chi connectivity index (χ3v) is 3.92. The summed E-state index contributed by atoms with van der Waals surface area (Å²) in [5.41, 5.74) is 0. The van der Waals surface area contributed by atoms with E-state index in [0.29, 0.717) is 17.9 Å². The van der Waals surface area contributed by atoms with Crippen molar-refractivity contribution in [1.29, 1.82) is 0 Å². The van der Waals surface area contributed by atoms with E-state index in [1.807, 2.05) is 0 Å². The zero-order valence-corrected chi connectivity index (χ0v) is 11.1. The SMILES string of the molecule is O=C(O)C1CCN(C(=O)C2CCN(C(=O)C(F)(F)F)C2)C1. The van der Waals surface area contributed by atoms with Gasteiger partial charge in [0.1, 0.15) is 0 Å². The highest BCUT2D eigenvalue weighted by Crippen LogP contribution is 2.27. The molecule has 2 aliphatic rings. The molecule has 0 radical (unpaired) electrons. The highest BCUT2D eigenvalue weighted by atomic mass is 19.4. The Hall–Kier alpha value is -1.80. The van der Waals surface area contributed by atoms with Crippen LogP contribution in [0, 0.1) is 11.8 Å². The molecule has 0 aliphatic carbocycles. The van der Waals surface area contributed by atoms with Crippen molar-refractivity contribution in [3.8, 4) is 0 Å². The van der Waals surface area contributed by atoms with E-state index in [9.17, 15) is 27.6 Å². The summed E-state index contributed by atoms with van der Waals surface area (Å²) < 4.78 is 37.0. The molecule has 0 aromatic carbocycles. The molecule has 2 aliphatic heterocycles. The average Bonchev–Trinajstić information content (AvgIpc) is 3.05. The minimum Gasteiger partial charge on any atom is -0.481 e. The van der Waals surface area contributed by atoms with Crippen molar-refractivity contribution in [1.82, 2.24) is 9.80 Å². The number of carbonyl (C=O) groups is 3. The Morgan fingerprint density at radius 3 is 2.00 bits per heavy atom. The molecular weight excluding hydrogens is 293 g/mol. The Labute approximate surface area is 118 Å². The van der Waals surface area contributed by atoms with Crippen LogP contribution in [0.5, 0.6) is 0 Å². The van der Waals surface area contributed by atoms with Gasteiger partial charge in [-0.15, -0.1) is 0 Å². The van der Waals surface area contributed by atoms with Crippen LogP contribution in [0.15, 0.2) is 0 Å². The topological polar surface area (TPSA) is 77.9 Å². The summed E-state index contributed by atoms with van der Waals surface area (Å²) >= 11 is 0. The average molecular weight is 308 g/mol. The van der Waals surface area contributed by atoms with Crippen LogP contribution in [0.3, 0.4) is 0 Å². The fourth-order valence-corrected chi connectivity index (χ4v) is 2.75. The lowest BCUT2D eigenvalue weighted by Crippen LogP contribution is -2.41. The first kappa shape index (κ1) is 15.6. The Balaban J connectivity index is 1.91. The Kier molecular flexibility index (Phi) is 4.11. The Morgan fingerprint density at radius 2 is 1.48 bits per heavy atom. The first-order valence-corrected chi connectivity index (χ1v) is 6.58. The van der Waals surface area contributed by atoms with Gasteiger partial charge in [-0.25, -0.2) is 0 Å². The predicted octanol–water partition coefficient (Wildman–Crippen LogP) is 0.330. The Bertz CT molecular complexity index is 466. The standard InChI is InChI=1S/C12H15F3N2O4/c13-12(14,15)11(21)17-4-1-7(5-17)9(18)16-3-2-8(6-16)10(19)20/h7-8H,1-6H2,(H,19,20). The summed E-state index contributed by atoms with van der Waals surface area (Å²) in [5, 5.41) is 8.87. The summed E-state index contributed by atoms with van der Waals surface area (Å²) in [6.07, 6.45) is -4.41. The van der Waals surface area contributed by atoms with Gasteiger partial charge in [0.15, 0.2) is 0 Å². The quantitative estimate of drug-likeness (QED) is 0.797. The Morgan fingerprint density at radius 1 is 0.952 bits per heavy atom. The van der Waals surface area contributed by atoms with Gasteiger partial charge in [0.05, 0.1) is 11.8 Å². The van der Waals surface area contributed by atoms with E-state index in [1.165, 1.54) is 4.90 Å². The van der Waals surface area contributed by atoms with Gasteiger partial charge in [-0.2, -0.15) is 13.2 Å². The van der Waals surface area contributed by atoms with Crippen molar-refractivity contribution in [2.45, 2.75) is 19.0 Å². The van der Waals surface area contributed by atoms with E-state index >= 15 is 0 Å². The minimum absolute atomic E-state index is 0.0812. The second-order valence-electron chi connectivity index (χ2n) is 5.34. The fourth-order valence-electron chi connectivity index (χ4n) is 2.75. The third kappa shape index (κ3) is 3.27. The lowest BCUT2D eigenvalue weighted by Gasteiger charge is -2.21. The number of carbonyl (C=O) groups excluding carboxylic acids is 2. The van der Waals surface area contributed by atoms with Crippen LogP contribution in [-0.4, -0.2) is 65.0 Å². The predicted molar refractivity (Wildman–Crippen MR) is 63.1 cm³/mol. The number of amides is 2. The first-order valence-electron chi connectivity index (χ1n) is 6.58. The van der Waals surface area contributed by atoms with Gasteiger partial charge in [-0.3, -0.25) is 14.4 Å². The maximum absolute atomic E-state index is 12.3. The molecule has 0 aromatic heterocycles. The van der Waals surface area contributed by atoms with Crippen LogP contribution in [0.4, 0.5) is 13.2 Å². The van der Waals surface area contributed by atoms with Crippen LogP contribution in [0.25, 0.3) is 0 Å². The molecule has 0 bridgehead atoms. The summed E-state index contributed by atoms with van der Waals surface area (Å²) in [5.74, 6) is -4.57. The summed E-state index contributed by atoms with van der Waals surface area (Å²) in [4.78, 5) is 36.1. The van der Waals surface area contributed by atoms with Gasteiger partial charge in [-0.05, 0) is 12.8 Å². The van der Waals surface area contributed by atoms with Crippen molar-refractivity contribution < 1.29 is 32.7 Å². The van der Waals surface area contributed by atoms with E-state index in [4.69, 9.17) is 5.11 Å². The van der Waals surface area contributed by atoms with Crippen LogP contribution >= 0.6 is 0 Å². The molecule has 2 amide bonds. The maximum Gasteiger partial charge on any atom is 0.471 e. The normalized spacial score (nSPS) is 26.2. The largest absolute Gasteiger partial charge is 0.481 e. The minimum atomic E-state index is -4.93. The fraction of sp³-hybridized carbons (Fsp3) is 0.750. The first-order chi connectivity index (χ1) is 9.70.